The van der Waals surface area contributed by atoms with Gasteiger partial charge < -0.3 is 9.64 Å². The van der Waals surface area contributed by atoms with Crippen LogP contribution in [0.5, 0.6) is 0 Å². The fourth-order valence-corrected chi connectivity index (χ4v) is 2.66. The highest BCUT2D eigenvalue weighted by molar-refractivity contribution is 5.72. The Kier molecular flexibility index (Phi) is 4.76. The van der Waals surface area contributed by atoms with Crippen LogP contribution in [-0.4, -0.2) is 25.7 Å². The maximum Gasteiger partial charge on any atom is 0.314 e. The molecule has 2 atom stereocenters. The summed E-state index contributed by atoms with van der Waals surface area (Å²) in [4.78, 5) is 13.3. The SMILES string of the molecule is CCOC(=O)[C@@H]1CCC[NH+](Cc2ccccc2)C1. The average molecular weight is 248 g/mol. The molecule has 0 spiro atoms. The van der Waals surface area contributed by atoms with Crippen molar-refractivity contribution in [2.45, 2.75) is 26.3 Å². The van der Waals surface area contributed by atoms with Gasteiger partial charge in [-0.2, -0.15) is 0 Å². The molecule has 1 heterocycles. The number of hydrogen-bond donors (Lipinski definition) is 1. The number of esters is 1. The largest absolute Gasteiger partial charge is 0.466 e. The summed E-state index contributed by atoms with van der Waals surface area (Å²) in [6, 6.07) is 10.5. The van der Waals surface area contributed by atoms with Crippen LogP contribution in [0.4, 0.5) is 0 Å². The van der Waals surface area contributed by atoms with Gasteiger partial charge in [-0.3, -0.25) is 4.79 Å². The van der Waals surface area contributed by atoms with Gasteiger partial charge in [-0.15, -0.1) is 0 Å². The fraction of sp³-hybridized carbons (Fsp3) is 0.533. The monoisotopic (exact) mass is 248 g/mol. The number of benzene rings is 1. The molecule has 3 nitrogen and oxygen atoms in total. The topological polar surface area (TPSA) is 30.7 Å². The predicted octanol–water partition coefficient (Wildman–Crippen LogP) is 1.04. The smallest absolute Gasteiger partial charge is 0.314 e. The molecule has 1 aliphatic rings. The molecule has 0 bridgehead atoms. The van der Waals surface area contributed by atoms with Crippen LogP contribution in [-0.2, 0) is 16.1 Å². The summed E-state index contributed by atoms with van der Waals surface area (Å²) in [6.45, 7) is 5.44. The van der Waals surface area contributed by atoms with Gasteiger partial charge >= 0.3 is 5.97 Å². The molecule has 1 aromatic carbocycles. The molecule has 98 valence electrons. The molecule has 1 N–H and O–H groups in total. The molecule has 1 saturated heterocycles. The van der Waals surface area contributed by atoms with Crippen molar-refractivity contribution in [3.63, 3.8) is 0 Å². The van der Waals surface area contributed by atoms with Gasteiger partial charge in [0.15, 0.2) is 0 Å². The van der Waals surface area contributed by atoms with Crippen molar-refractivity contribution in [3.8, 4) is 0 Å². The predicted molar refractivity (Wildman–Crippen MR) is 70.2 cm³/mol. The van der Waals surface area contributed by atoms with Crippen molar-refractivity contribution in [2.24, 2.45) is 5.92 Å². The van der Waals surface area contributed by atoms with Crippen LogP contribution in [0.3, 0.4) is 0 Å². The third-order valence-electron chi connectivity index (χ3n) is 3.53. The zero-order chi connectivity index (χ0) is 12.8. The maximum absolute atomic E-state index is 11.8. The lowest BCUT2D eigenvalue weighted by molar-refractivity contribution is -0.921. The minimum absolute atomic E-state index is 0.0113. The number of carbonyl (C=O) groups is 1. The number of quaternary nitrogens is 1. The molecule has 18 heavy (non-hydrogen) atoms. The van der Waals surface area contributed by atoms with Gasteiger partial charge in [0.05, 0.1) is 19.7 Å². The van der Waals surface area contributed by atoms with Crippen LogP contribution in [0.2, 0.25) is 0 Å². The summed E-state index contributed by atoms with van der Waals surface area (Å²) < 4.78 is 5.13. The van der Waals surface area contributed by atoms with Crippen molar-refractivity contribution in [3.05, 3.63) is 35.9 Å². The Morgan fingerprint density at radius 1 is 1.39 bits per heavy atom. The Balaban J connectivity index is 1.89. The quantitative estimate of drug-likeness (QED) is 0.807. The molecule has 2 rings (SSSR count). The number of hydrogen-bond acceptors (Lipinski definition) is 2. The minimum Gasteiger partial charge on any atom is -0.466 e. The van der Waals surface area contributed by atoms with E-state index < -0.39 is 0 Å². The molecule has 0 aliphatic carbocycles. The van der Waals surface area contributed by atoms with Gasteiger partial charge in [0.25, 0.3) is 0 Å². The summed E-state index contributed by atoms with van der Waals surface area (Å²) in [5.41, 5.74) is 1.34. The lowest BCUT2D eigenvalue weighted by atomic mass is 9.98. The van der Waals surface area contributed by atoms with Gasteiger partial charge in [-0.05, 0) is 19.8 Å². The van der Waals surface area contributed by atoms with E-state index in [1.807, 2.05) is 13.0 Å². The number of rotatable bonds is 4. The number of likely N-dealkylation sites (tertiary alicyclic amines) is 1. The number of ether oxygens (including phenoxy) is 1. The molecule has 1 aromatic rings. The number of nitrogens with one attached hydrogen (secondary N) is 1. The van der Waals surface area contributed by atoms with E-state index in [2.05, 4.69) is 24.3 Å². The Morgan fingerprint density at radius 2 is 2.17 bits per heavy atom. The Labute approximate surface area is 109 Å². The summed E-state index contributed by atoms with van der Waals surface area (Å²) in [5.74, 6) is 0.0835. The first-order valence-corrected chi connectivity index (χ1v) is 6.83. The molecule has 3 heteroatoms. The molecule has 0 amide bonds. The number of piperidine rings is 1. The lowest BCUT2D eigenvalue weighted by Gasteiger charge is -2.28. The van der Waals surface area contributed by atoms with E-state index in [-0.39, 0.29) is 11.9 Å². The van der Waals surface area contributed by atoms with Crippen molar-refractivity contribution in [2.75, 3.05) is 19.7 Å². The molecule has 1 unspecified atom stereocenters. The minimum atomic E-state index is -0.0113. The van der Waals surface area contributed by atoms with E-state index in [9.17, 15) is 4.79 Å². The van der Waals surface area contributed by atoms with Crippen molar-refractivity contribution in [1.82, 2.24) is 0 Å². The van der Waals surface area contributed by atoms with Gasteiger partial charge in [-0.1, -0.05) is 30.3 Å². The zero-order valence-corrected chi connectivity index (χ0v) is 11.0. The zero-order valence-electron chi connectivity index (χ0n) is 11.0. The number of carbonyl (C=O) groups excluding carboxylic acids is 1. The fourth-order valence-electron chi connectivity index (χ4n) is 2.66. The Hall–Kier alpha value is -1.35. The Bertz CT molecular complexity index is 377. The van der Waals surface area contributed by atoms with E-state index in [0.29, 0.717) is 6.61 Å². The van der Waals surface area contributed by atoms with Gasteiger partial charge in [0.2, 0.25) is 0 Å². The summed E-state index contributed by atoms with van der Waals surface area (Å²) in [7, 11) is 0. The van der Waals surface area contributed by atoms with Gasteiger partial charge in [0, 0.05) is 5.56 Å². The highest BCUT2D eigenvalue weighted by atomic mass is 16.5. The van der Waals surface area contributed by atoms with Crippen LogP contribution in [0.1, 0.15) is 25.3 Å². The summed E-state index contributed by atoms with van der Waals surface area (Å²) in [5, 5.41) is 0. The summed E-state index contributed by atoms with van der Waals surface area (Å²) in [6.07, 6.45) is 2.10. The third-order valence-corrected chi connectivity index (χ3v) is 3.53. The van der Waals surface area contributed by atoms with Crippen LogP contribution in [0.25, 0.3) is 0 Å². The Morgan fingerprint density at radius 3 is 2.89 bits per heavy atom. The van der Waals surface area contributed by atoms with Crippen LogP contribution in [0.15, 0.2) is 30.3 Å². The molecule has 0 aromatic heterocycles. The van der Waals surface area contributed by atoms with Crippen molar-refractivity contribution >= 4 is 5.97 Å². The second-order valence-electron chi connectivity index (χ2n) is 4.96. The average Bonchev–Trinajstić information content (AvgIpc) is 2.40. The second-order valence-corrected chi connectivity index (χ2v) is 4.96. The van der Waals surface area contributed by atoms with E-state index in [1.54, 1.807) is 0 Å². The van der Waals surface area contributed by atoms with E-state index in [0.717, 1.165) is 32.5 Å². The van der Waals surface area contributed by atoms with Crippen LogP contribution in [0, 0.1) is 5.92 Å². The van der Waals surface area contributed by atoms with E-state index >= 15 is 0 Å². The van der Waals surface area contributed by atoms with Gasteiger partial charge in [-0.25, -0.2) is 0 Å². The highest BCUT2D eigenvalue weighted by Gasteiger charge is 2.29. The van der Waals surface area contributed by atoms with Crippen molar-refractivity contribution < 1.29 is 14.4 Å². The maximum atomic E-state index is 11.8. The lowest BCUT2D eigenvalue weighted by Crippen LogP contribution is -3.12. The normalized spacial score (nSPS) is 23.6. The first-order valence-electron chi connectivity index (χ1n) is 6.83. The first-order chi connectivity index (χ1) is 8.79. The van der Waals surface area contributed by atoms with E-state index in [1.165, 1.54) is 10.5 Å². The van der Waals surface area contributed by atoms with E-state index in [4.69, 9.17) is 4.74 Å². The molecule has 0 saturated carbocycles. The second kappa shape index (κ2) is 6.55. The standard InChI is InChI=1S/C15H21NO2/c1-2-18-15(17)14-9-6-10-16(12-14)11-13-7-4-3-5-8-13/h3-5,7-8,14H,2,6,9-12H2,1H3/p+1/t14-/m1/s1. The van der Waals surface area contributed by atoms with Crippen molar-refractivity contribution in [1.29, 1.82) is 0 Å². The highest BCUT2D eigenvalue weighted by Crippen LogP contribution is 2.10. The molecule has 1 fully saturated rings. The van der Waals surface area contributed by atoms with Crippen LogP contribution < -0.4 is 4.90 Å². The third kappa shape index (κ3) is 3.57. The van der Waals surface area contributed by atoms with Gasteiger partial charge in [0.1, 0.15) is 12.5 Å². The molecular formula is C15H22NO2+. The first kappa shape index (κ1) is 13.1. The summed E-state index contributed by atoms with van der Waals surface area (Å²) >= 11 is 0. The van der Waals surface area contributed by atoms with Crippen LogP contribution >= 0.6 is 0 Å². The molecule has 1 aliphatic heterocycles. The molecular weight excluding hydrogens is 226 g/mol. The molecule has 0 radical (unpaired) electrons.